The number of carbonyl (C=O) groups excluding carboxylic acids is 2. The van der Waals surface area contributed by atoms with E-state index in [0.29, 0.717) is 13.1 Å². The lowest BCUT2D eigenvalue weighted by molar-refractivity contribution is -0.140. The first-order chi connectivity index (χ1) is 12.6. The molecule has 1 aromatic rings. The van der Waals surface area contributed by atoms with E-state index in [1.807, 2.05) is 23.1 Å². The van der Waals surface area contributed by atoms with E-state index in [0.717, 1.165) is 57.3 Å². The zero-order valence-electron chi connectivity index (χ0n) is 15.7. The van der Waals surface area contributed by atoms with Crippen LogP contribution in [0.4, 0.5) is 0 Å². The molecule has 0 saturated carbocycles. The minimum atomic E-state index is -0.440. The van der Waals surface area contributed by atoms with Gasteiger partial charge in [-0.2, -0.15) is 0 Å². The van der Waals surface area contributed by atoms with Crippen LogP contribution in [0.25, 0.3) is 0 Å². The van der Waals surface area contributed by atoms with Crippen LogP contribution >= 0.6 is 0 Å². The highest BCUT2D eigenvalue weighted by Gasteiger charge is 2.51. The molecule has 1 unspecified atom stereocenters. The summed E-state index contributed by atoms with van der Waals surface area (Å²) in [6.45, 7) is 3.92. The van der Waals surface area contributed by atoms with Crippen molar-refractivity contribution < 1.29 is 9.59 Å². The van der Waals surface area contributed by atoms with E-state index in [1.54, 1.807) is 0 Å². The van der Waals surface area contributed by atoms with Gasteiger partial charge in [0.25, 0.3) is 0 Å². The summed E-state index contributed by atoms with van der Waals surface area (Å²) in [5, 5.41) is 3.02. The summed E-state index contributed by atoms with van der Waals surface area (Å²) in [5.74, 6) is 0.378. The Hall–Kier alpha value is -1.88. The number of carbonyl (C=O) groups is 2. The molecule has 140 valence electrons. The summed E-state index contributed by atoms with van der Waals surface area (Å²) in [5.41, 5.74) is 0.342. The Morgan fingerprint density at radius 3 is 2.46 bits per heavy atom. The lowest BCUT2D eigenvalue weighted by Crippen LogP contribution is -2.53. The molecule has 0 bridgehead atoms. The molecule has 3 saturated heterocycles. The maximum atomic E-state index is 13.7. The molecule has 1 spiro atoms. The Kier molecular flexibility index (Phi) is 4.51. The van der Waals surface area contributed by atoms with Crippen molar-refractivity contribution >= 4 is 11.8 Å². The Labute approximate surface area is 155 Å². The third-order valence-corrected chi connectivity index (χ3v) is 6.82. The molecule has 2 amide bonds. The van der Waals surface area contributed by atoms with E-state index in [2.05, 4.69) is 29.4 Å². The smallest absolute Gasteiger partial charge is 0.233 e. The van der Waals surface area contributed by atoms with Crippen LogP contribution < -0.4 is 5.32 Å². The normalized spacial score (nSPS) is 29.0. The number of piperidine rings is 2. The molecule has 26 heavy (non-hydrogen) atoms. The van der Waals surface area contributed by atoms with Gasteiger partial charge in [-0.1, -0.05) is 30.3 Å². The lowest BCUT2D eigenvalue weighted by atomic mass is 9.71. The molecule has 3 aliphatic heterocycles. The molecule has 4 rings (SSSR count). The summed E-state index contributed by atoms with van der Waals surface area (Å²) in [6.07, 6.45) is 4.42. The number of rotatable bonds is 2. The van der Waals surface area contributed by atoms with E-state index >= 15 is 0 Å². The fraction of sp³-hybridized carbons (Fsp3) is 0.619. The Balaban J connectivity index is 1.61. The number of hydrogen-bond donors (Lipinski definition) is 1. The van der Waals surface area contributed by atoms with Crippen LogP contribution in [0.2, 0.25) is 0 Å². The summed E-state index contributed by atoms with van der Waals surface area (Å²) in [7, 11) is 2.12. The molecule has 1 atom stereocenters. The third-order valence-electron chi connectivity index (χ3n) is 6.82. The van der Waals surface area contributed by atoms with Gasteiger partial charge in [0.05, 0.1) is 10.8 Å². The van der Waals surface area contributed by atoms with Gasteiger partial charge in [0.2, 0.25) is 11.8 Å². The molecule has 3 heterocycles. The minimum absolute atomic E-state index is 0.149. The number of nitrogens with zero attached hydrogens (tertiary/aromatic N) is 2. The van der Waals surface area contributed by atoms with Gasteiger partial charge in [-0.3, -0.25) is 9.59 Å². The first-order valence-electron chi connectivity index (χ1n) is 9.88. The Morgan fingerprint density at radius 2 is 1.77 bits per heavy atom. The van der Waals surface area contributed by atoms with Gasteiger partial charge >= 0.3 is 0 Å². The number of likely N-dealkylation sites (tertiary alicyclic amines) is 2. The monoisotopic (exact) mass is 355 g/mol. The van der Waals surface area contributed by atoms with E-state index < -0.39 is 5.41 Å². The van der Waals surface area contributed by atoms with E-state index in [1.165, 1.54) is 0 Å². The van der Waals surface area contributed by atoms with Crippen LogP contribution in [0.3, 0.4) is 0 Å². The zero-order chi connectivity index (χ0) is 18.2. The van der Waals surface area contributed by atoms with Gasteiger partial charge in [0.1, 0.15) is 0 Å². The van der Waals surface area contributed by atoms with E-state index in [9.17, 15) is 9.59 Å². The summed E-state index contributed by atoms with van der Waals surface area (Å²) >= 11 is 0. The molecule has 3 fully saturated rings. The molecule has 0 radical (unpaired) electrons. The maximum Gasteiger partial charge on any atom is 0.233 e. The average molecular weight is 355 g/mol. The lowest BCUT2D eigenvalue weighted by Gasteiger charge is -2.42. The van der Waals surface area contributed by atoms with Gasteiger partial charge < -0.3 is 15.1 Å². The highest BCUT2D eigenvalue weighted by molar-refractivity contribution is 5.91. The molecule has 3 aliphatic rings. The molecule has 5 heteroatoms. The van der Waals surface area contributed by atoms with Crippen molar-refractivity contribution in [3.05, 3.63) is 35.9 Å². The van der Waals surface area contributed by atoms with Crippen LogP contribution in [-0.4, -0.2) is 61.4 Å². The quantitative estimate of drug-likeness (QED) is 0.880. The molecular weight excluding hydrogens is 326 g/mol. The van der Waals surface area contributed by atoms with Crippen LogP contribution in [0.1, 0.15) is 37.7 Å². The van der Waals surface area contributed by atoms with Gasteiger partial charge in [-0.25, -0.2) is 0 Å². The molecule has 1 N–H and O–H groups in total. The third kappa shape index (κ3) is 2.82. The number of benzene rings is 1. The van der Waals surface area contributed by atoms with Crippen molar-refractivity contribution in [2.24, 2.45) is 5.41 Å². The predicted molar refractivity (Wildman–Crippen MR) is 101 cm³/mol. The van der Waals surface area contributed by atoms with Crippen LogP contribution in [0.5, 0.6) is 0 Å². The van der Waals surface area contributed by atoms with Gasteiger partial charge in [0.15, 0.2) is 0 Å². The first kappa shape index (κ1) is 17.5. The maximum absolute atomic E-state index is 13.7. The highest BCUT2D eigenvalue weighted by atomic mass is 16.2. The van der Waals surface area contributed by atoms with E-state index in [-0.39, 0.29) is 17.2 Å². The fourth-order valence-electron chi connectivity index (χ4n) is 5.05. The van der Waals surface area contributed by atoms with E-state index in [4.69, 9.17) is 0 Å². The van der Waals surface area contributed by atoms with Crippen LogP contribution in [0.15, 0.2) is 30.3 Å². The molecule has 0 aromatic heterocycles. The second-order valence-corrected chi connectivity index (χ2v) is 8.37. The molecular formula is C21H29N3O2. The van der Waals surface area contributed by atoms with Crippen molar-refractivity contribution in [1.82, 2.24) is 15.1 Å². The highest BCUT2D eigenvalue weighted by Crippen LogP contribution is 2.42. The van der Waals surface area contributed by atoms with Crippen molar-refractivity contribution in [2.75, 3.05) is 39.8 Å². The zero-order valence-corrected chi connectivity index (χ0v) is 15.7. The van der Waals surface area contributed by atoms with Crippen molar-refractivity contribution in [2.45, 2.75) is 37.5 Å². The van der Waals surface area contributed by atoms with Gasteiger partial charge in [-0.05, 0) is 57.8 Å². The second kappa shape index (κ2) is 6.69. The standard InChI is InChI=1S/C21H29N3O2/c1-23-13-10-21(11-14-23,17-6-3-2-4-7-17)19(26)24-15-9-20(16-24)8-5-12-22-18(20)25/h2-4,6-7H,5,8-16H2,1H3,(H,22,25). The summed E-state index contributed by atoms with van der Waals surface area (Å²) in [4.78, 5) is 30.5. The number of amides is 2. The van der Waals surface area contributed by atoms with Crippen molar-refractivity contribution in [1.29, 1.82) is 0 Å². The predicted octanol–water partition coefficient (Wildman–Crippen LogP) is 1.78. The Bertz CT molecular complexity index is 682. The van der Waals surface area contributed by atoms with Gasteiger partial charge in [-0.15, -0.1) is 0 Å². The fourth-order valence-corrected chi connectivity index (χ4v) is 5.05. The SMILES string of the molecule is CN1CCC(C(=O)N2CCC3(CCCNC3=O)C2)(c2ccccc2)CC1. The average Bonchev–Trinajstić information content (AvgIpc) is 3.10. The first-order valence-corrected chi connectivity index (χ1v) is 9.88. The minimum Gasteiger partial charge on any atom is -0.356 e. The second-order valence-electron chi connectivity index (χ2n) is 8.37. The number of hydrogen-bond acceptors (Lipinski definition) is 3. The Morgan fingerprint density at radius 1 is 1.04 bits per heavy atom. The largest absolute Gasteiger partial charge is 0.356 e. The van der Waals surface area contributed by atoms with Crippen LogP contribution in [0, 0.1) is 5.41 Å². The van der Waals surface area contributed by atoms with Crippen LogP contribution in [-0.2, 0) is 15.0 Å². The molecule has 1 aromatic carbocycles. The topological polar surface area (TPSA) is 52.7 Å². The summed E-state index contributed by atoms with van der Waals surface area (Å²) in [6, 6.07) is 10.3. The van der Waals surface area contributed by atoms with Crippen molar-refractivity contribution in [3.8, 4) is 0 Å². The van der Waals surface area contributed by atoms with Gasteiger partial charge in [0, 0.05) is 19.6 Å². The summed E-state index contributed by atoms with van der Waals surface area (Å²) < 4.78 is 0. The van der Waals surface area contributed by atoms with Crippen molar-refractivity contribution in [3.63, 3.8) is 0 Å². The molecule has 5 nitrogen and oxygen atoms in total. The molecule has 0 aliphatic carbocycles. The number of nitrogens with one attached hydrogen (secondary N) is 1.